The molecule has 0 aliphatic carbocycles. The Morgan fingerprint density at radius 2 is 1.85 bits per heavy atom. The van der Waals surface area contributed by atoms with E-state index in [1.807, 2.05) is 24.6 Å². The zero-order valence-corrected chi connectivity index (χ0v) is 11.2. The van der Waals surface area contributed by atoms with Gasteiger partial charge in [0.25, 0.3) is 0 Å². The summed E-state index contributed by atoms with van der Waals surface area (Å²) in [6.07, 6.45) is -2.42. The van der Waals surface area contributed by atoms with E-state index >= 15 is 0 Å². The summed E-state index contributed by atoms with van der Waals surface area (Å²) in [5.41, 5.74) is 0.202. The van der Waals surface area contributed by atoms with E-state index < -0.39 is 11.7 Å². The maximum atomic E-state index is 12.4. The molecular weight excluding hydrogens is 269 g/mol. The molecule has 0 atom stereocenters. The first-order valence-corrected chi connectivity index (χ1v) is 6.23. The van der Waals surface area contributed by atoms with Crippen LogP contribution in [-0.4, -0.2) is 9.55 Å². The SMILES string of the molecule is CCn1cc(C)nc1COc1ccc(C(F)(F)F)cc1. The van der Waals surface area contributed by atoms with Gasteiger partial charge in [0, 0.05) is 12.7 Å². The van der Waals surface area contributed by atoms with E-state index in [0.717, 1.165) is 30.2 Å². The number of alkyl halides is 3. The Hall–Kier alpha value is -1.98. The van der Waals surface area contributed by atoms with E-state index in [4.69, 9.17) is 4.74 Å². The fourth-order valence-electron chi connectivity index (χ4n) is 1.87. The molecule has 2 aromatic rings. The van der Waals surface area contributed by atoms with E-state index in [2.05, 4.69) is 4.98 Å². The lowest BCUT2D eigenvalue weighted by Gasteiger charge is -2.09. The molecule has 0 amide bonds. The van der Waals surface area contributed by atoms with Crippen LogP contribution in [-0.2, 0) is 19.3 Å². The van der Waals surface area contributed by atoms with Crippen molar-refractivity contribution in [3.05, 3.63) is 47.5 Å². The van der Waals surface area contributed by atoms with E-state index in [9.17, 15) is 13.2 Å². The molecule has 1 heterocycles. The zero-order valence-electron chi connectivity index (χ0n) is 11.2. The number of halogens is 3. The Balaban J connectivity index is 2.04. The fraction of sp³-hybridized carbons (Fsp3) is 0.357. The molecule has 0 fully saturated rings. The number of aryl methyl sites for hydroxylation is 2. The second-order valence-electron chi connectivity index (χ2n) is 4.40. The standard InChI is InChI=1S/C14H15F3N2O/c1-3-19-8-10(2)18-13(19)9-20-12-6-4-11(5-7-12)14(15,16)17/h4-8H,3,9H2,1-2H3. The molecule has 2 rings (SSSR count). The molecule has 0 spiro atoms. The molecule has 20 heavy (non-hydrogen) atoms. The first-order valence-electron chi connectivity index (χ1n) is 6.23. The molecule has 1 aromatic heterocycles. The summed E-state index contributed by atoms with van der Waals surface area (Å²) in [5, 5.41) is 0. The first-order chi connectivity index (χ1) is 9.40. The molecule has 0 saturated carbocycles. The summed E-state index contributed by atoms with van der Waals surface area (Å²) in [6, 6.07) is 4.64. The number of nitrogens with zero attached hydrogens (tertiary/aromatic N) is 2. The van der Waals surface area contributed by atoms with Crippen LogP contribution < -0.4 is 4.74 Å². The fourth-order valence-corrected chi connectivity index (χ4v) is 1.87. The van der Waals surface area contributed by atoms with Gasteiger partial charge in [0.05, 0.1) is 11.3 Å². The minimum atomic E-state index is -4.33. The monoisotopic (exact) mass is 284 g/mol. The molecule has 0 bridgehead atoms. The van der Waals surface area contributed by atoms with Gasteiger partial charge in [-0.25, -0.2) is 4.98 Å². The largest absolute Gasteiger partial charge is 0.486 e. The smallest absolute Gasteiger partial charge is 0.416 e. The molecule has 0 aliphatic heterocycles. The Morgan fingerprint density at radius 3 is 2.40 bits per heavy atom. The van der Waals surface area contributed by atoms with Crippen LogP contribution in [0.3, 0.4) is 0 Å². The van der Waals surface area contributed by atoms with Gasteiger partial charge < -0.3 is 9.30 Å². The predicted octanol–water partition coefficient (Wildman–Crippen LogP) is 3.81. The number of imidazole rings is 1. The van der Waals surface area contributed by atoms with Gasteiger partial charge in [0.1, 0.15) is 18.2 Å². The first kappa shape index (κ1) is 14.4. The molecule has 6 heteroatoms. The van der Waals surface area contributed by atoms with E-state index in [1.54, 1.807) is 0 Å². The van der Waals surface area contributed by atoms with Gasteiger partial charge in [0.15, 0.2) is 0 Å². The number of rotatable bonds is 4. The average molecular weight is 284 g/mol. The highest BCUT2D eigenvalue weighted by atomic mass is 19.4. The van der Waals surface area contributed by atoms with Crippen molar-refractivity contribution >= 4 is 0 Å². The number of ether oxygens (including phenoxy) is 1. The third-order valence-corrected chi connectivity index (χ3v) is 2.87. The van der Waals surface area contributed by atoms with Crippen molar-refractivity contribution in [2.24, 2.45) is 0 Å². The summed E-state index contributed by atoms with van der Waals surface area (Å²) in [6.45, 7) is 4.87. The van der Waals surface area contributed by atoms with Crippen LogP contribution in [0.25, 0.3) is 0 Å². The van der Waals surface area contributed by atoms with Crippen molar-refractivity contribution in [2.75, 3.05) is 0 Å². The topological polar surface area (TPSA) is 27.1 Å². The Morgan fingerprint density at radius 1 is 1.20 bits per heavy atom. The predicted molar refractivity (Wildman–Crippen MR) is 68.4 cm³/mol. The quantitative estimate of drug-likeness (QED) is 0.853. The summed E-state index contributed by atoms with van der Waals surface area (Å²) < 4.78 is 44.7. The van der Waals surface area contributed by atoms with Crippen LogP contribution >= 0.6 is 0 Å². The van der Waals surface area contributed by atoms with E-state index in [0.29, 0.717) is 5.75 Å². The number of aromatic nitrogens is 2. The molecule has 0 unspecified atom stereocenters. The van der Waals surface area contributed by atoms with Crippen molar-refractivity contribution in [1.29, 1.82) is 0 Å². The van der Waals surface area contributed by atoms with Crippen molar-refractivity contribution in [2.45, 2.75) is 33.2 Å². The van der Waals surface area contributed by atoms with Crippen molar-refractivity contribution in [3.63, 3.8) is 0 Å². The van der Waals surface area contributed by atoms with Gasteiger partial charge in [-0.1, -0.05) is 0 Å². The van der Waals surface area contributed by atoms with Gasteiger partial charge in [-0.05, 0) is 38.1 Å². The summed E-state index contributed by atoms with van der Waals surface area (Å²) in [4.78, 5) is 4.31. The van der Waals surface area contributed by atoms with Crippen LogP contribution in [0.2, 0.25) is 0 Å². The Bertz CT molecular complexity index is 573. The molecule has 0 aliphatic rings. The normalized spacial score (nSPS) is 11.7. The lowest BCUT2D eigenvalue weighted by atomic mass is 10.2. The summed E-state index contributed by atoms with van der Waals surface area (Å²) >= 11 is 0. The second kappa shape index (κ2) is 5.56. The highest BCUT2D eigenvalue weighted by Crippen LogP contribution is 2.30. The minimum absolute atomic E-state index is 0.229. The average Bonchev–Trinajstić information content (AvgIpc) is 2.76. The second-order valence-corrected chi connectivity index (χ2v) is 4.40. The zero-order chi connectivity index (χ0) is 14.8. The lowest BCUT2D eigenvalue weighted by Crippen LogP contribution is -2.06. The van der Waals surface area contributed by atoms with Gasteiger partial charge in [-0.3, -0.25) is 0 Å². The Labute approximate surface area is 115 Å². The van der Waals surface area contributed by atoms with Crippen molar-refractivity contribution in [3.8, 4) is 5.75 Å². The molecule has 108 valence electrons. The van der Waals surface area contributed by atoms with Gasteiger partial charge >= 0.3 is 6.18 Å². The van der Waals surface area contributed by atoms with Crippen molar-refractivity contribution in [1.82, 2.24) is 9.55 Å². The Kier molecular flexibility index (Phi) is 4.01. The molecule has 0 saturated heterocycles. The van der Waals surface area contributed by atoms with Crippen LogP contribution in [0.1, 0.15) is 24.0 Å². The van der Waals surface area contributed by atoms with Crippen LogP contribution in [0.5, 0.6) is 5.75 Å². The van der Waals surface area contributed by atoms with Crippen LogP contribution in [0.4, 0.5) is 13.2 Å². The molecule has 3 nitrogen and oxygen atoms in total. The number of benzene rings is 1. The summed E-state index contributed by atoms with van der Waals surface area (Å²) in [7, 11) is 0. The van der Waals surface area contributed by atoms with E-state index in [1.165, 1.54) is 12.1 Å². The van der Waals surface area contributed by atoms with Crippen LogP contribution in [0, 0.1) is 6.92 Å². The molecule has 1 aromatic carbocycles. The summed E-state index contributed by atoms with van der Waals surface area (Å²) in [5.74, 6) is 1.14. The van der Waals surface area contributed by atoms with E-state index in [-0.39, 0.29) is 6.61 Å². The van der Waals surface area contributed by atoms with Crippen LogP contribution in [0.15, 0.2) is 30.5 Å². The lowest BCUT2D eigenvalue weighted by molar-refractivity contribution is -0.137. The van der Waals surface area contributed by atoms with Crippen molar-refractivity contribution < 1.29 is 17.9 Å². The molecule has 0 N–H and O–H groups in total. The maximum Gasteiger partial charge on any atom is 0.416 e. The minimum Gasteiger partial charge on any atom is -0.486 e. The molecular formula is C14H15F3N2O. The number of hydrogen-bond donors (Lipinski definition) is 0. The highest BCUT2D eigenvalue weighted by molar-refractivity contribution is 5.28. The molecule has 0 radical (unpaired) electrons. The maximum absolute atomic E-state index is 12.4. The van der Waals surface area contributed by atoms with Gasteiger partial charge in [-0.2, -0.15) is 13.2 Å². The van der Waals surface area contributed by atoms with Gasteiger partial charge in [-0.15, -0.1) is 0 Å². The third kappa shape index (κ3) is 3.31. The third-order valence-electron chi connectivity index (χ3n) is 2.87. The van der Waals surface area contributed by atoms with Gasteiger partial charge in [0.2, 0.25) is 0 Å². The highest BCUT2D eigenvalue weighted by Gasteiger charge is 2.30. The number of hydrogen-bond acceptors (Lipinski definition) is 2.